The number of nitrogens with zero attached hydrogens (tertiary/aromatic N) is 4. The molecule has 2 fully saturated rings. The van der Waals surface area contributed by atoms with Gasteiger partial charge >= 0.3 is 0 Å². The number of benzene rings is 1. The van der Waals surface area contributed by atoms with E-state index >= 15 is 0 Å². The van der Waals surface area contributed by atoms with Crippen LogP contribution in [0.3, 0.4) is 0 Å². The van der Waals surface area contributed by atoms with Gasteiger partial charge in [0.1, 0.15) is 10.8 Å². The van der Waals surface area contributed by atoms with E-state index in [-0.39, 0.29) is 5.75 Å². The van der Waals surface area contributed by atoms with E-state index in [1.165, 1.54) is 25.7 Å². The number of aromatic hydroxyl groups is 1. The zero-order chi connectivity index (χ0) is 18.2. The van der Waals surface area contributed by atoms with E-state index in [1.54, 1.807) is 24.8 Å². The molecule has 4 heterocycles. The smallest absolute Gasteiger partial charge is 0.127 e. The van der Waals surface area contributed by atoms with Gasteiger partial charge in [0, 0.05) is 41.4 Å². The fourth-order valence-corrected chi connectivity index (χ4v) is 5.32. The number of rotatable bonds is 4. The predicted molar refractivity (Wildman–Crippen MR) is 105 cm³/mol. The first kappa shape index (κ1) is 16.8. The minimum atomic E-state index is 0.186. The minimum Gasteiger partial charge on any atom is -0.507 e. The second-order valence-corrected chi connectivity index (χ2v) is 8.58. The van der Waals surface area contributed by atoms with Crippen LogP contribution < -0.4 is 5.32 Å². The molecule has 2 bridgehead atoms. The van der Waals surface area contributed by atoms with Gasteiger partial charge in [-0.05, 0) is 37.8 Å². The number of phenols is 1. The lowest BCUT2D eigenvalue weighted by molar-refractivity contribution is 0.414. The number of nitrogens with one attached hydrogen (secondary N) is 1. The minimum absolute atomic E-state index is 0.186. The van der Waals surface area contributed by atoms with Gasteiger partial charge in [0.25, 0.3) is 0 Å². The first-order valence-corrected chi connectivity index (χ1v) is 10.2. The molecule has 1 aromatic carbocycles. The van der Waals surface area contributed by atoms with Crippen molar-refractivity contribution >= 4 is 11.8 Å². The molecule has 3 atom stereocenters. The van der Waals surface area contributed by atoms with E-state index in [9.17, 15) is 5.11 Å². The lowest BCUT2D eigenvalue weighted by atomic mass is 10.1. The zero-order valence-corrected chi connectivity index (χ0v) is 15.6. The Morgan fingerprint density at radius 2 is 1.96 bits per heavy atom. The van der Waals surface area contributed by atoms with Gasteiger partial charge in [-0.2, -0.15) is 0 Å². The summed E-state index contributed by atoms with van der Waals surface area (Å²) in [7, 11) is 0. The number of hydrogen-bond donors (Lipinski definition) is 2. The molecule has 0 spiro atoms. The molecular formula is C20H21N5OS. The van der Waals surface area contributed by atoms with Gasteiger partial charge < -0.3 is 15.0 Å². The maximum absolute atomic E-state index is 10.4. The van der Waals surface area contributed by atoms with Crippen LogP contribution in [0.15, 0.2) is 54.3 Å². The van der Waals surface area contributed by atoms with Crippen LogP contribution >= 0.6 is 11.8 Å². The molecule has 0 aliphatic carbocycles. The van der Waals surface area contributed by atoms with Crippen molar-refractivity contribution in [2.75, 3.05) is 0 Å². The predicted octanol–water partition coefficient (Wildman–Crippen LogP) is 3.41. The standard InChI is InChI=1S/C20H21N5OS/c26-19-9-15(25-6-5-21-12-25)3-4-17(19)18-10-23-20(11-22-18)27-16-7-13-1-2-14(8-16)24-13/h3-6,9-14,16,24,26H,1-2,7-8H2/t13-,14+,16?. The second kappa shape index (κ2) is 6.98. The van der Waals surface area contributed by atoms with E-state index in [0.29, 0.717) is 28.6 Å². The lowest BCUT2D eigenvalue weighted by Gasteiger charge is -2.28. The Morgan fingerprint density at radius 1 is 1.11 bits per heavy atom. The van der Waals surface area contributed by atoms with Crippen molar-refractivity contribution in [3.8, 4) is 22.7 Å². The molecule has 3 aromatic rings. The van der Waals surface area contributed by atoms with Crippen LogP contribution in [-0.4, -0.2) is 42.0 Å². The average molecular weight is 379 g/mol. The molecule has 27 heavy (non-hydrogen) atoms. The summed E-state index contributed by atoms with van der Waals surface area (Å²) in [5, 5.41) is 15.7. The summed E-state index contributed by atoms with van der Waals surface area (Å²) in [4.78, 5) is 13.2. The third-order valence-electron chi connectivity index (χ3n) is 5.41. The summed E-state index contributed by atoms with van der Waals surface area (Å²) in [6.07, 6.45) is 13.9. The van der Waals surface area contributed by atoms with E-state index < -0.39 is 0 Å². The number of piperidine rings is 1. The van der Waals surface area contributed by atoms with Gasteiger partial charge in [0.05, 0.1) is 30.1 Å². The quantitative estimate of drug-likeness (QED) is 0.723. The van der Waals surface area contributed by atoms with Crippen LogP contribution in [0.1, 0.15) is 25.7 Å². The van der Waals surface area contributed by atoms with Crippen molar-refractivity contribution < 1.29 is 5.11 Å². The van der Waals surface area contributed by atoms with Crippen molar-refractivity contribution in [3.63, 3.8) is 0 Å². The molecule has 1 unspecified atom stereocenters. The van der Waals surface area contributed by atoms with Gasteiger partial charge in [-0.3, -0.25) is 4.98 Å². The number of aromatic nitrogens is 4. The van der Waals surface area contributed by atoms with E-state index in [1.807, 2.05) is 40.9 Å². The van der Waals surface area contributed by atoms with Crippen LogP contribution in [-0.2, 0) is 0 Å². The highest BCUT2D eigenvalue weighted by atomic mass is 32.2. The summed E-state index contributed by atoms with van der Waals surface area (Å²) in [6.45, 7) is 0. The fraction of sp³-hybridized carbons (Fsp3) is 0.350. The number of hydrogen-bond acceptors (Lipinski definition) is 6. The van der Waals surface area contributed by atoms with Crippen LogP contribution in [0.5, 0.6) is 5.75 Å². The second-order valence-electron chi connectivity index (χ2n) is 7.26. The maximum Gasteiger partial charge on any atom is 0.127 e. The average Bonchev–Trinajstić information content (AvgIpc) is 3.32. The molecule has 5 rings (SSSR count). The monoisotopic (exact) mass is 379 g/mol. The van der Waals surface area contributed by atoms with Crippen molar-refractivity contribution in [2.45, 2.75) is 48.0 Å². The first-order valence-electron chi connectivity index (χ1n) is 9.31. The van der Waals surface area contributed by atoms with Crippen LogP contribution in [0.2, 0.25) is 0 Å². The molecule has 0 amide bonds. The Labute approximate surface area is 162 Å². The van der Waals surface area contributed by atoms with Gasteiger partial charge in [-0.1, -0.05) is 0 Å². The molecule has 2 aliphatic heterocycles. The molecule has 0 saturated carbocycles. The molecule has 6 nitrogen and oxygen atoms in total. The van der Waals surface area contributed by atoms with E-state index in [0.717, 1.165) is 10.7 Å². The zero-order valence-electron chi connectivity index (χ0n) is 14.8. The normalized spacial score (nSPS) is 24.2. The van der Waals surface area contributed by atoms with E-state index in [4.69, 9.17) is 0 Å². The van der Waals surface area contributed by atoms with Gasteiger partial charge in [0.15, 0.2) is 0 Å². The molecular weight excluding hydrogens is 358 g/mol. The Bertz CT molecular complexity index is 916. The van der Waals surface area contributed by atoms with Crippen LogP contribution in [0, 0.1) is 0 Å². The highest BCUT2D eigenvalue weighted by Crippen LogP contribution is 2.37. The maximum atomic E-state index is 10.4. The Morgan fingerprint density at radius 3 is 2.63 bits per heavy atom. The topological polar surface area (TPSA) is 75.9 Å². The molecule has 0 radical (unpaired) electrons. The molecule has 138 valence electrons. The summed E-state index contributed by atoms with van der Waals surface area (Å²) >= 11 is 1.83. The summed E-state index contributed by atoms with van der Waals surface area (Å²) in [5.74, 6) is 0.186. The number of imidazole rings is 1. The van der Waals surface area contributed by atoms with E-state index in [2.05, 4.69) is 20.3 Å². The SMILES string of the molecule is Oc1cc(-n2ccnc2)ccc1-c1cnc(SC2C[C@H]3CC[C@@H](C2)N3)cn1. The van der Waals surface area contributed by atoms with Crippen molar-refractivity contribution in [3.05, 3.63) is 49.3 Å². The highest BCUT2D eigenvalue weighted by Gasteiger charge is 2.33. The van der Waals surface area contributed by atoms with Gasteiger partial charge in [0.2, 0.25) is 0 Å². The van der Waals surface area contributed by atoms with Gasteiger partial charge in [-0.15, -0.1) is 11.8 Å². The molecule has 2 saturated heterocycles. The highest BCUT2D eigenvalue weighted by molar-refractivity contribution is 7.99. The Hall–Kier alpha value is -2.38. The fourth-order valence-electron chi connectivity index (χ4n) is 4.10. The lowest BCUT2D eigenvalue weighted by Crippen LogP contribution is -2.39. The van der Waals surface area contributed by atoms with Crippen molar-refractivity contribution in [1.29, 1.82) is 0 Å². The summed E-state index contributed by atoms with van der Waals surface area (Å²) in [6, 6.07) is 6.88. The summed E-state index contributed by atoms with van der Waals surface area (Å²) < 4.78 is 1.85. The molecule has 2 aliphatic rings. The third-order valence-corrected chi connectivity index (χ3v) is 6.58. The number of phenolic OH excluding ortho intramolecular Hbond substituents is 1. The first-order chi connectivity index (χ1) is 13.2. The van der Waals surface area contributed by atoms with Crippen LogP contribution in [0.4, 0.5) is 0 Å². The van der Waals surface area contributed by atoms with Crippen molar-refractivity contribution in [1.82, 2.24) is 24.8 Å². The van der Waals surface area contributed by atoms with Gasteiger partial charge in [-0.25, -0.2) is 9.97 Å². The molecule has 2 N–H and O–H groups in total. The molecule has 2 aromatic heterocycles. The van der Waals surface area contributed by atoms with Crippen molar-refractivity contribution in [2.24, 2.45) is 0 Å². The number of fused-ring (bicyclic) bond motifs is 2. The molecule has 7 heteroatoms. The Balaban J connectivity index is 1.31. The number of thioether (sulfide) groups is 1. The summed E-state index contributed by atoms with van der Waals surface area (Å²) in [5.41, 5.74) is 2.22. The third kappa shape index (κ3) is 3.44. The largest absolute Gasteiger partial charge is 0.507 e. The van der Waals surface area contributed by atoms with Crippen LogP contribution in [0.25, 0.3) is 16.9 Å². The Kier molecular flexibility index (Phi) is 4.33.